The SMILES string of the molecule is Cc1cccc(OCC2(c3ccccc3O)CC2)c1. The lowest BCUT2D eigenvalue weighted by Crippen LogP contribution is -2.17. The van der Waals surface area contributed by atoms with E-state index < -0.39 is 0 Å². The van der Waals surface area contributed by atoms with Gasteiger partial charge < -0.3 is 9.84 Å². The van der Waals surface area contributed by atoms with Gasteiger partial charge in [-0.25, -0.2) is 0 Å². The van der Waals surface area contributed by atoms with Crippen molar-refractivity contribution in [2.24, 2.45) is 0 Å². The molecule has 1 fully saturated rings. The number of ether oxygens (including phenoxy) is 1. The molecule has 3 rings (SSSR count). The minimum absolute atomic E-state index is 0.00902. The summed E-state index contributed by atoms with van der Waals surface area (Å²) in [5, 5.41) is 9.97. The molecule has 0 aliphatic heterocycles. The largest absolute Gasteiger partial charge is 0.508 e. The number of hydrogen-bond donors (Lipinski definition) is 1. The molecular weight excluding hydrogens is 236 g/mol. The summed E-state index contributed by atoms with van der Waals surface area (Å²) in [4.78, 5) is 0. The summed E-state index contributed by atoms with van der Waals surface area (Å²) in [7, 11) is 0. The Hall–Kier alpha value is -1.96. The van der Waals surface area contributed by atoms with Crippen molar-refractivity contribution in [2.75, 3.05) is 6.61 Å². The molecule has 2 aromatic carbocycles. The number of phenolic OH excluding ortho intramolecular Hbond substituents is 1. The molecule has 2 nitrogen and oxygen atoms in total. The Morgan fingerprint density at radius 1 is 1.11 bits per heavy atom. The highest BCUT2D eigenvalue weighted by molar-refractivity contribution is 5.42. The molecule has 0 bridgehead atoms. The summed E-state index contributed by atoms with van der Waals surface area (Å²) >= 11 is 0. The number of rotatable bonds is 4. The standard InChI is InChI=1S/C17H18O2/c1-13-5-4-6-14(11-13)19-12-17(9-10-17)15-7-2-3-8-16(15)18/h2-8,11,18H,9-10,12H2,1H3. The summed E-state index contributed by atoms with van der Waals surface area (Å²) in [6, 6.07) is 15.7. The lowest BCUT2D eigenvalue weighted by atomic mass is 9.96. The van der Waals surface area contributed by atoms with Crippen LogP contribution in [-0.4, -0.2) is 11.7 Å². The van der Waals surface area contributed by atoms with Gasteiger partial charge in [0, 0.05) is 11.0 Å². The Bertz CT molecular complexity index is 585. The van der Waals surface area contributed by atoms with Crippen molar-refractivity contribution in [1.82, 2.24) is 0 Å². The van der Waals surface area contributed by atoms with E-state index in [-0.39, 0.29) is 5.41 Å². The molecule has 19 heavy (non-hydrogen) atoms. The van der Waals surface area contributed by atoms with E-state index in [4.69, 9.17) is 4.74 Å². The maximum Gasteiger partial charge on any atom is 0.119 e. The summed E-state index contributed by atoms with van der Waals surface area (Å²) in [5.41, 5.74) is 2.22. The Labute approximate surface area is 113 Å². The minimum Gasteiger partial charge on any atom is -0.508 e. The van der Waals surface area contributed by atoms with Crippen LogP contribution in [0.15, 0.2) is 48.5 Å². The van der Waals surface area contributed by atoms with Crippen LogP contribution < -0.4 is 4.74 Å². The van der Waals surface area contributed by atoms with Crippen LogP contribution in [0.4, 0.5) is 0 Å². The maximum absolute atomic E-state index is 9.97. The fraction of sp³-hybridized carbons (Fsp3) is 0.294. The van der Waals surface area contributed by atoms with Crippen LogP contribution in [0.25, 0.3) is 0 Å². The quantitative estimate of drug-likeness (QED) is 0.899. The zero-order valence-electron chi connectivity index (χ0n) is 11.1. The van der Waals surface area contributed by atoms with E-state index in [1.807, 2.05) is 36.4 Å². The van der Waals surface area contributed by atoms with E-state index in [0.29, 0.717) is 12.4 Å². The Balaban J connectivity index is 1.75. The van der Waals surface area contributed by atoms with Gasteiger partial charge in [-0.05, 0) is 43.5 Å². The van der Waals surface area contributed by atoms with Crippen molar-refractivity contribution < 1.29 is 9.84 Å². The van der Waals surface area contributed by atoms with Crippen LogP contribution in [0.3, 0.4) is 0 Å². The van der Waals surface area contributed by atoms with Crippen molar-refractivity contribution in [3.63, 3.8) is 0 Å². The Kier molecular flexibility index (Phi) is 2.94. The molecule has 0 heterocycles. The zero-order valence-corrected chi connectivity index (χ0v) is 11.1. The van der Waals surface area contributed by atoms with Crippen molar-refractivity contribution in [3.8, 4) is 11.5 Å². The summed E-state index contributed by atoms with van der Waals surface area (Å²) in [5.74, 6) is 1.29. The Morgan fingerprint density at radius 2 is 1.89 bits per heavy atom. The number of aryl methyl sites for hydroxylation is 1. The van der Waals surface area contributed by atoms with Crippen molar-refractivity contribution in [2.45, 2.75) is 25.2 Å². The lowest BCUT2D eigenvalue weighted by Gasteiger charge is -2.18. The maximum atomic E-state index is 9.97. The lowest BCUT2D eigenvalue weighted by molar-refractivity contribution is 0.274. The average molecular weight is 254 g/mol. The Morgan fingerprint density at radius 3 is 2.58 bits per heavy atom. The van der Waals surface area contributed by atoms with E-state index >= 15 is 0 Å². The van der Waals surface area contributed by atoms with Gasteiger partial charge in [-0.2, -0.15) is 0 Å². The molecule has 0 atom stereocenters. The molecule has 1 saturated carbocycles. The fourth-order valence-electron chi connectivity index (χ4n) is 2.49. The van der Waals surface area contributed by atoms with Crippen LogP contribution in [-0.2, 0) is 5.41 Å². The number of aromatic hydroxyl groups is 1. The summed E-state index contributed by atoms with van der Waals surface area (Å²) in [6.45, 7) is 2.69. The third-order valence-corrected chi connectivity index (χ3v) is 3.83. The van der Waals surface area contributed by atoms with E-state index in [2.05, 4.69) is 13.0 Å². The predicted molar refractivity (Wildman–Crippen MR) is 75.7 cm³/mol. The second kappa shape index (κ2) is 4.61. The first-order valence-corrected chi connectivity index (χ1v) is 6.68. The van der Waals surface area contributed by atoms with E-state index in [9.17, 15) is 5.11 Å². The number of para-hydroxylation sites is 1. The second-order valence-corrected chi connectivity index (χ2v) is 5.40. The molecule has 2 heteroatoms. The van der Waals surface area contributed by atoms with Crippen molar-refractivity contribution >= 4 is 0 Å². The monoisotopic (exact) mass is 254 g/mol. The smallest absolute Gasteiger partial charge is 0.119 e. The van der Waals surface area contributed by atoms with Crippen LogP contribution >= 0.6 is 0 Å². The third kappa shape index (κ3) is 2.43. The van der Waals surface area contributed by atoms with Gasteiger partial charge in [-0.3, -0.25) is 0 Å². The highest BCUT2D eigenvalue weighted by atomic mass is 16.5. The topological polar surface area (TPSA) is 29.5 Å². The van der Waals surface area contributed by atoms with Gasteiger partial charge in [-0.15, -0.1) is 0 Å². The molecule has 2 aromatic rings. The molecule has 0 spiro atoms. The predicted octanol–water partition coefficient (Wildman–Crippen LogP) is 3.81. The molecule has 0 unspecified atom stereocenters. The van der Waals surface area contributed by atoms with Crippen molar-refractivity contribution in [1.29, 1.82) is 0 Å². The molecule has 1 aliphatic rings. The number of phenols is 1. The molecule has 1 aliphatic carbocycles. The zero-order chi connectivity index (χ0) is 13.3. The van der Waals surface area contributed by atoms with Crippen molar-refractivity contribution in [3.05, 3.63) is 59.7 Å². The average Bonchev–Trinajstić information content (AvgIpc) is 3.18. The first kappa shape index (κ1) is 12.1. The molecule has 98 valence electrons. The normalized spacial score (nSPS) is 16.1. The van der Waals surface area contributed by atoms with E-state index in [0.717, 1.165) is 24.2 Å². The second-order valence-electron chi connectivity index (χ2n) is 5.40. The molecular formula is C17H18O2. The van der Waals surface area contributed by atoms with Gasteiger partial charge in [0.05, 0.1) is 6.61 Å². The molecule has 0 saturated heterocycles. The van der Waals surface area contributed by atoms with Crippen LogP contribution in [0.1, 0.15) is 24.0 Å². The fourth-order valence-corrected chi connectivity index (χ4v) is 2.49. The number of hydrogen-bond acceptors (Lipinski definition) is 2. The van der Waals surface area contributed by atoms with Gasteiger partial charge >= 0.3 is 0 Å². The van der Waals surface area contributed by atoms with Gasteiger partial charge in [0.25, 0.3) is 0 Å². The van der Waals surface area contributed by atoms with Crippen LogP contribution in [0.5, 0.6) is 11.5 Å². The highest BCUT2D eigenvalue weighted by Crippen LogP contribution is 2.51. The highest BCUT2D eigenvalue weighted by Gasteiger charge is 2.46. The first-order valence-electron chi connectivity index (χ1n) is 6.68. The third-order valence-electron chi connectivity index (χ3n) is 3.83. The van der Waals surface area contributed by atoms with Gasteiger partial charge in [0.15, 0.2) is 0 Å². The molecule has 0 aromatic heterocycles. The molecule has 1 N–H and O–H groups in total. The first-order chi connectivity index (χ1) is 9.20. The van der Waals surface area contributed by atoms with Gasteiger partial charge in [-0.1, -0.05) is 30.3 Å². The molecule has 0 radical (unpaired) electrons. The minimum atomic E-state index is 0.00902. The van der Waals surface area contributed by atoms with Gasteiger partial charge in [0.2, 0.25) is 0 Å². The number of benzene rings is 2. The van der Waals surface area contributed by atoms with E-state index in [1.54, 1.807) is 6.07 Å². The summed E-state index contributed by atoms with van der Waals surface area (Å²) in [6.07, 6.45) is 2.16. The van der Waals surface area contributed by atoms with Crippen LogP contribution in [0.2, 0.25) is 0 Å². The molecule has 0 amide bonds. The van der Waals surface area contributed by atoms with Crippen LogP contribution in [0, 0.1) is 6.92 Å². The van der Waals surface area contributed by atoms with E-state index in [1.165, 1.54) is 5.56 Å². The van der Waals surface area contributed by atoms with Gasteiger partial charge in [0.1, 0.15) is 11.5 Å². The summed E-state index contributed by atoms with van der Waals surface area (Å²) < 4.78 is 5.91.